The van der Waals surface area contributed by atoms with E-state index in [0.717, 1.165) is 17.8 Å². The van der Waals surface area contributed by atoms with Gasteiger partial charge in [0.1, 0.15) is 5.54 Å². The number of hydrogen-bond acceptors (Lipinski definition) is 3. The predicted molar refractivity (Wildman–Crippen MR) is 76.5 cm³/mol. The van der Waals surface area contributed by atoms with Crippen LogP contribution in [-0.4, -0.2) is 40.6 Å². The van der Waals surface area contributed by atoms with E-state index < -0.39 is 11.5 Å². The maximum Gasteiger partial charge on any atom is 0.330 e. The van der Waals surface area contributed by atoms with Crippen molar-refractivity contribution in [2.45, 2.75) is 38.8 Å². The third-order valence-electron chi connectivity index (χ3n) is 3.84. The molecule has 19 heavy (non-hydrogen) atoms. The van der Waals surface area contributed by atoms with E-state index in [1.165, 1.54) is 0 Å². The molecule has 1 fully saturated rings. The summed E-state index contributed by atoms with van der Waals surface area (Å²) in [7, 11) is 0. The van der Waals surface area contributed by atoms with Gasteiger partial charge in [-0.3, -0.25) is 4.90 Å². The highest BCUT2D eigenvalue weighted by atomic mass is 16.4. The van der Waals surface area contributed by atoms with Gasteiger partial charge in [-0.25, -0.2) is 4.79 Å². The number of anilines is 1. The smallest absolute Gasteiger partial charge is 0.330 e. The van der Waals surface area contributed by atoms with E-state index in [2.05, 4.69) is 24.1 Å². The van der Waals surface area contributed by atoms with Crippen LogP contribution in [0.3, 0.4) is 0 Å². The minimum atomic E-state index is -0.863. The predicted octanol–water partition coefficient (Wildman–Crippen LogP) is 2.34. The molecule has 1 aliphatic rings. The maximum absolute atomic E-state index is 11.7. The fourth-order valence-electron chi connectivity index (χ4n) is 2.61. The molecule has 0 aliphatic carbocycles. The van der Waals surface area contributed by atoms with Crippen LogP contribution in [0.15, 0.2) is 24.3 Å². The van der Waals surface area contributed by atoms with Gasteiger partial charge in [-0.1, -0.05) is 12.1 Å². The van der Waals surface area contributed by atoms with Crippen LogP contribution in [0.25, 0.3) is 0 Å². The quantitative estimate of drug-likeness (QED) is 0.874. The average molecular weight is 262 g/mol. The van der Waals surface area contributed by atoms with Gasteiger partial charge in [-0.2, -0.15) is 0 Å². The van der Waals surface area contributed by atoms with E-state index >= 15 is 0 Å². The zero-order valence-electron chi connectivity index (χ0n) is 11.8. The van der Waals surface area contributed by atoms with E-state index in [-0.39, 0.29) is 0 Å². The summed E-state index contributed by atoms with van der Waals surface area (Å²) in [6.45, 7) is 7.58. The van der Waals surface area contributed by atoms with E-state index in [1.54, 1.807) is 0 Å². The van der Waals surface area contributed by atoms with Gasteiger partial charge in [0, 0.05) is 24.8 Å². The first-order chi connectivity index (χ1) is 8.93. The Hall–Kier alpha value is -1.55. The molecule has 1 aromatic rings. The standard InChI is InChI=1S/C15H22N2O2/c1-11(2)17-8-7-15(10-17,14(18)19)16-13-6-4-5-12(3)9-13/h4-6,9,11,16H,7-8,10H2,1-3H3,(H,18,19). The van der Waals surface area contributed by atoms with Gasteiger partial charge < -0.3 is 10.4 Å². The molecule has 0 saturated carbocycles. The number of likely N-dealkylation sites (tertiary alicyclic amines) is 1. The van der Waals surface area contributed by atoms with Gasteiger partial charge in [0.2, 0.25) is 0 Å². The Balaban J connectivity index is 2.20. The van der Waals surface area contributed by atoms with Crippen molar-refractivity contribution < 1.29 is 9.90 Å². The Morgan fingerprint density at radius 1 is 1.47 bits per heavy atom. The fourth-order valence-corrected chi connectivity index (χ4v) is 2.61. The molecule has 0 amide bonds. The molecule has 0 bridgehead atoms. The second kappa shape index (κ2) is 5.21. The molecule has 1 unspecified atom stereocenters. The van der Waals surface area contributed by atoms with Gasteiger partial charge in [-0.15, -0.1) is 0 Å². The summed E-state index contributed by atoms with van der Waals surface area (Å²) >= 11 is 0. The third kappa shape index (κ3) is 2.89. The molecule has 4 nitrogen and oxygen atoms in total. The lowest BCUT2D eigenvalue weighted by molar-refractivity contribution is -0.141. The summed E-state index contributed by atoms with van der Waals surface area (Å²) in [5.41, 5.74) is 1.15. The van der Waals surface area contributed by atoms with Gasteiger partial charge in [0.25, 0.3) is 0 Å². The van der Waals surface area contributed by atoms with E-state index in [0.29, 0.717) is 19.0 Å². The number of carboxylic acid groups (broad SMARTS) is 1. The molecule has 1 aliphatic heterocycles. The number of benzene rings is 1. The Morgan fingerprint density at radius 2 is 2.21 bits per heavy atom. The average Bonchev–Trinajstić information content (AvgIpc) is 2.75. The van der Waals surface area contributed by atoms with E-state index in [4.69, 9.17) is 0 Å². The van der Waals surface area contributed by atoms with Crippen molar-refractivity contribution in [1.82, 2.24) is 4.90 Å². The number of rotatable bonds is 4. The zero-order chi connectivity index (χ0) is 14.0. The number of nitrogens with zero attached hydrogens (tertiary/aromatic N) is 1. The van der Waals surface area contributed by atoms with Gasteiger partial charge in [-0.05, 0) is 44.9 Å². The van der Waals surface area contributed by atoms with Crippen LogP contribution in [0.2, 0.25) is 0 Å². The normalized spacial score (nSPS) is 23.8. The Bertz CT molecular complexity index is 473. The third-order valence-corrected chi connectivity index (χ3v) is 3.84. The molecule has 0 radical (unpaired) electrons. The van der Waals surface area contributed by atoms with Crippen LogP contribution < -0.4 is 5.32 Å². The summed E-state index contributed by atoms with van der Waals surface area (Å²) in [5.74, 6) is -0.767. The minimum Gasteiger partial charge on any atom is -0.479 e. The molecule has 0 aromatic heterocycles. The molecule has 4 heteroatoms. The van der Waals surface area contributed by atoms with Crippen LogP contribution in [-0.2, 0) is 4.79 Å². The van der Waals surface area contributed by atoms with Gasteiger partial charge in [0.05, 0.1) is 0 Å². The summed E-state index contributed by atoms with van der Waals surface area (Å²) in [4.78, 5) is 13.9. The van der Waals surface area contributed by atoms with Crippen LogP contribution in [0.4, 0.5) is 5.69 Å². The summed E-state index contributed by atoms with van der Waals surface area (Å²) in [5, 5.41) is 12.8. The lowest BCUT2D eigenvalue weighted by Crippen LogP contribution is -2.49. The van der Waals surface area contributed by atoms with E-state index in [1.807, 2.05) is 31.2 Å². The molecule has 0 spiro atoms. The van der Waals surface area contributed by atoms with Crippen molar-refractivity contribution in [3.8, 4) is 0 Å². The summed E-state index contributed by atoms with van der Waals surface area (Å²) < 4.78 is 0. The topological polar surface area (TPSA) is 52.6 Å². The SMILES string of the molecule is Cc1cccc(NC2(C(=O)O)CCN(C(C)C)C2)c1. The van der Waals surface area contributed by atoms with Crippen molar-refractivity contribution >= 4 is 11.7 Å². The molecule has 2 rings (SSSR count). The summed E-state index contributed by atoms with van der Waals surface area (Å²) in [6, 6.07) is 8.25. The maximum atomic E-state index is 11.7. The Labute approximate surface area is 114 Å². The molecule has 1 atom stereocenters. The first-order valence-electron chi connectivity index (χ1n) is 6.75. The molecule has 1 heterocycles. The molecule has 1 saturated heterocycles. The number of hydrogen-bond donors (Lipinski definition) is 2. The lowest BCUT2D eigenvalue weighted by Gasteiger charge is -2.28. The number of nitrogens with one attached hydrogen (secondary N) is 1. The van der Waals surface area contributed by atoms with Crippen LogP contribution in [0.1, 0.15) is 25.8 Å². The Kier molecular flexibility index (Phi) is 3.80. The van der Waals surface area contributed by atoms with Crippen LogP contribution in [0, 0.1) is 6.92 Å². The number of aliphatic carboxylic acids is 1. The van der Waals surface area contributed by atoms with E-state index in [9.17, 15) is 9.90 Å². The highest BCUT2D eigenvalue weighted by Crippen LogP contribution is 2.28. The molecule has 1 aromatic carbocycles. The monoisotopic (exact) mass is 262 g/mol. The molecule has 104 valence electrons. The molecule has 2 N–H and O–H groups in total. The van der Waals surface area contributed by atoms with Gasteiger partial charge in [0.15, 0.2) is 0 Å². The first kappa shape index (κ1) is 13.9. The highest BCUT2D eigenvalue weighted by molar-refractivity contribution is 5.83. The van der Waals surface area contributed by atoms with Crippen molar-refractivity contribution in [3.63, 3.8) is 0 Å². The van der Waals surface area contributed by atoms with Crippen molar-refractivity contribution in [2.24, 2.45) is 0 Å². The lowest BCUT2D eigenvalue weighted by atomic mass is 9.98. The number of aryl methyl sites for hydroxylation is 1. The van der Waals surface area contributed by atoms with Crippen LogP contribution >= 0.6 is 0 Å². The molecular formula is C15H22N2O2. The van der Waals surface area contributed by atoms with Crippen molar-refractivity contribution in [3.05, 3.63) is 29.8 Å². The van der Waals surface area contributed by atoms with Crippen molar-refractivity contribution in [1.29, 1.82) is 0 Å². The second-order valence-corrected chi connectivity index (χ2v) is 5.70. The summed E-state index contributed by atoms with van der Waals surface area (Å²) in [6.07, 6.45) is 0.633. The largest absolute Gasteiger partial charge is 0.479 e. The number of carboxylic acids is 1. The van der Waals surface area contributed by atoms with Crippen LogP contribution in [0.5, 0.6) is 0 Å². The van der Waals surface area contributed by atoms with Crippen molar-refractivity contribution in [2.75, 3.05) is 18.4 Å². The first-order valence-corrected chi connectivity index (χ1v) is 6.75. The molecular weight excluding hydrogens is 240 g/mol. The second-order valence-electron chi connectivity index (χ2n) is 5.70. The number of carbonyl (C=O) groups is 1. The highest BCUT2D eigenvalue weighted by Gasteiger charge is 2.45. The minimum absolute atomic E-state index is 0.375. The van der Waals surface area contributed by atoms with Gasteiger partial charge >= 0.3 is 5.97 Å². The Morgan fingerprint density at radius 3 is 2.74 bits per heavy atom. The zero-order valence-corrected chi connectivity index (χ0v) is 11.8. The fraction of sp³-hybridized carbons (Fsp3) is 0.533.